The Labute approximate surface area is 108 Å². The maximum Gasteiger partial charge on any atom is 0.133 e. The van der Waals surface area contributed by atoms with Gasteiger partial charge in [0.05, 0.1) is 5.69 Å². The predicted molar refractivity (Wildman–Crippen MR) is 69.1 cm³/mol. The SMILES string of the molecule is CCNCc1cc(-c2ccc(Br)cc2F)n[nH]1. The van der Waals surface area contributed by atoms with Crippen LogP contribution in [0.5, 0.6) is 0 Å². The van der Waals surface area contributed by atoms with Gasteiger partial charge < -0.3 is 5.32 Å². The number of aromatic nitrogens is 2. The molecule has 2 rings (SSSR count). The molecular weight excluding hydrogens is 285 g/mol. The summed E-state index contributed by atoms with van der Waals surface area (Å²) in [7, 11) is 0. The monoisotopic (exact) mass is 297 g/mol. The van der Waals surface area contributed by atoms with Crippen molar-refractivity contribution in [2.24, 2.45) is 0 Å². The van der Waals surface area contributed by atoms with Crippen LogP contribution < -0.4 is 5.32 Å². The van der Waals surface area contributed by atoms with Gasteiger partial charge in [0.2, 0.25) is 0 Å². The summed E-state index contributed by atoms with van der Waals surface area (Å²) in [5.41, 5.74) is 2.08. The van der Waals surface area contributed by atoms with Gasteiger partial charge in [-0.25, -0.2) is 4.39 Å². The highest BCUT2D eigenvalue weighted by Crippen LogP contribution is 2.24. The quantitative estimate of drug-likeness (QED) is 0.910. The summed E-state index contributed by atoms with van der Waals surface area (Å²) in [6.45, 7) is 3.63. The fourth-order valence-corrected chi connectivity index (χ4v) is 1.88. The Hall–Kier alpha value is -1.20. The Bertz CT molecular complexity index is 510. The summed E-state index contributed by atoms with van der Waals surface area (Å²) in [6, 6.07) is 6.81. The summed E-state index contributed by atoms with van der Waals surface area (Å²) >= 11 is 3.23. The standard InChI is InChI=1S/C12H13BrFN3/c1-2-15-7-9-6-12(17-16-9)10-4-3-8(13)5-11(10)14/h3-6,15H,2,7H2,1H3,(H,16,17). The fourth-order valence-electron chi connectivity index (χ4n) is 1.55. The third kappa shape index (κ3) is 2.92. The molecule has 0 aliphatic rings. The van der Waals surface area contributed by atoms with Gasteiger partial charge in [-0.1, -0.05) is 22.9 Å². The summed E-state index contributed by atoms with van der Waals surface area (Å²) < 4.78 is 14.4. The van der Waals surface area contributed by atoms with E-state index in [9.17, 15) is 4.39 Å². The molecular formula is C12H13BrFN3. The van der Waals surface area contributed by atoms with Crippen LogP contribution in [0.1, 0.15) is 12.6 Å². The van der Waals surface area contributed by atoms with Crippen molar-refractivity contribution < 1.29 is 4.39 Å². The summed E-state index contributed by atoms with van der Waals surface area (Å²) in [6.07, 6.45) is 0. The van der Waals surface area contributed by atoms with Gasteiger partial charge in [-0.2, -0.15) is 5.10 Å². The smallest absolute Gasteiger partial charge is 0.133 e. The number of nitrogens with zero attached hydrogens (tertiary/aromatic N) is 1. The molecule has 0 spiro atoms. The van der Waals surface area contributed by atoms with Gasteiger partial charge in [0.1, 0.15) is 5.82 Å². The second-order valence-corrected chi connectivity index (χ2v) is 4.60. The van der Waals surface area contributed by atoms with Crippen LogP contribution in [0, 0.1) is 5.82 Å². The molecule has 0 bridgehead atoms. The van der Waals surface area contributed by atoms with Crippen LogP contribution in [0.15, 0.2) is 28.7 Å². The highest BCUT2D eigenvalue weighted by Gasteiger charge is 2.09. The van der Waals surface area contributed by atoms with Crippen LogP contribution in [0.3, 0.4) is 0 Å². The number of nitrogens with one attached hydrogen (secondary N) is 2. The lowest BCUT2D eigenvalue weighted by Gasteiger charge is -1.99. The Morgan fingerprint density at radius 3 is 2.94 bits per heavy atom. The third-order valence-electron chi connectivity index (χ3n) is 2.40. The van der Waals surface area contributed by atoms with Crippen LogP contribution in [0.4, 0.5) is 4.39 Å². The number of hydrogen-bond donors (Lipinski definition) is 2. The predicted octanol–water partition coefficient (Wildman–Crippen LogP) is 3.09. The zero-order valence-corrected chi connectivity index (χ0v) is 11.0. The topological polar surface area (TPSA) is 40.7 Å². The molecule has 0 saturated carbocycles. The molecule has 0 fully saturated rings. The molecule has 0 radical (unpaired) electrons. The van der Waals surface area contributed by atoms with Crippen LogP contribution in [-0.4, -0.2) is 16.7 Å². The number of hydrogen-bond acceptors (Lipinski definition) is 2. The van der Waals surface area contributed by atoms with E-state index in [-0.39, 0.29) is 5.82 Å². The average molecular weight is 298 g/mol. The lowest BCUT2D eigenvalue weighted by atomic mass is 10.1. The molecule has 90 valence electrons. The number of H-pyrrole nitrogens is 1. The Kier molecular flexibility index (Phi) is 3.91. The van der Waals surface area contributed by atoms with E-state index in [1.54, 1.807) is 12.1 Å². The lowest BCUT2D eigenvalue weighted by molar-refractivity contribution is 0.630. The minimum Gasteiger partial charge on any atom is -0.311 e. The normalized spacial score (nSPS) is 10.8. The highest BCUT2D eigenvalue weighted by atomic mass is 79.9. The van der Waals surface area contributed by atoms with Crippen molar-refractivity contribution in [2.75, 3.05) is 6.54 Å². The molecule has 0 amide bonds. The molecule has 0 saturated heterocycles. The molecule has 0 unspecified atom stereocenters. The maximum atomic E-state index is 13.7. The van der Waals surface area contributed by atoms with Crippen molar-refractivity contribution in [1.29, 1.82) is 0 Å². The Balaban J connectivity index is 2.24. The van der Waals surface area contributed by atoms with E-state index >= 15 is 0 Å². The number of benzene rings is 1. The van der Waals surface area contributed by atoms with Crippen molar-refractivity contribution in [3.05, 3.63) is 40.2 Å². The molecule has 5 heteroatoms. The molecule has 1 heterocycles. The van der Waals surface area contributed by atoms with Gasteiger partial charge in [-0.05, 0) is 30.8 Å². The first-order valence-electron chi connectivity index (χ1n) is 5.41. The summed E-state index contributed by atoms with van der Waals surface area (Å²) in [5.74, 6) is -0.277. The number of rotatable bonds is 4. The Morgan fingerprint density at radius 2 is 2.24 bits per heavy atom. The fraction of sp³-hybridized carbons (Fsp3) is 0.250. The highest BCUT2D eigenvalue weighted by molar-refractivity contribution is 9.10. The zero-order valence-electron chi connectivity index (χ0n) is 9.43. The van der Waals surface area contributed by atoms with Crippen LogP contribution >= 0.6 is 15.9 Å². The largest absolute Gasteiger partial charge is 0.311 e. The van der Waals surface area contributed by atoms with Crippen LogP contribution in [-0.2, 0) is 6.54 Å². The third-order valence-corrected chi connectivity index (χ3v) is 2.90. The second kappa shape index (κ2) is 5.42. The molecule has 0 aliphatic carbocycles. The first kappa shape index (κ1) is 12.3. The van der Waals surface area contributed by atoms with E-state index in [0.29, 0.717) is 17.8 Å². The molecule has 1 aromatic carbocycles. The van der Waals surface area contributed by atoms with Crippen LogP contribution in [0.25, 0.3) is 11.3 Å². The molecule has 17 heavy (non-hydrogen) atoms. The first-order valence-corrected chi connectivity index (χ1v) is 6.20. The van der Waals surface area contributed by atoms with Crippen molar-refractivity contribution >= 4 is 15.9 Å². The van der Waals surface area contributed by atoms with Gasteiger partial charge in [-0.15, -0.1) is 0 Å². The lowest BCUT2D eigenvalue weighted by Crippen LogP contribution is -2.11. The van der Waals surface area contributed by atoms with Gasteiger partial charge in [0, 0.05) is 22.3 Å². The van der Waals surface area contributed by atoms with E-state index in [1.165, 1.54) is 6.07 Å². The van der Waals surface area contributed by atoms with Crippen molar-refractivity contribution in [3.63, 3.8) is 0 Å². The number of halogens is 2. The minimum absolute atomic E-state index is 0.277. The van der Waals surface area contributed by atoms with Crippen molar-refractivity contribution in [3.8, 4) is 11.3 Å². The van der Waals surface area contributed by atoms with Gasteiger partial charge in [0.25, 0.3) is 0 Å². The zero-order chi connectivity index (χ0) is 12.3. The van der Waals surface area contributed by atoms with Crippen LogP contribution in [0.2, 0.25) is 0 Å². The summed E-state index contributed by atoms with van der Waals surface area (Å²) in [4.78, 5) is 0. The van der Waals surface area contributed by atoms with E-state index in [2.05, 4.69) is 31.4 Å². The summed E-state index contributed by atoms with van der Waals surface area (Å²) in [5, 5.41) is 10.2. The van der Waals surface area contributed by atoms with Gasteiger partial charge in [-0.3, -0.25) is 5.10 Å². The van der Waals surface area contributed by atoms with E-state index in [1.807, 2.05) is 13.0 Å². The Morgan fingerprint density at radius 1 is 1.41 bits per heavy atom. The van der Waals surface area contributed by atoms with Gasteiger partial charge >= 0.3 is 0 Å². The first-order chi connectivity index (χ1) is 8.20. The molecule has 2 N–H and O–H groups in total. The maximum absolute atomic E-state index is 13.7. The molecule has 0 atom stereocenters. The number of aromatic amines is 1. The molecule has 0 aliphatic heterocycles. The minimum atomic E-state index is -0.277. The molecule has 1 aromatic heterocycles. The second-order valence-electron chi connectivity index (χ2n) is 3.68. The van der Waals surface area contributed by atoms with Crippen molar-refractivity contribution in [2.45, 2.75) is 13.5 Å². The molecule has 2 aromatic rings. The van der Waals surface area contributed by atoms with E-state index in [0.717, 1.165) is 16.7 Å². The molecule has 3 nitrogen and oxygen atoms in total. The van der Waals surface area contributed by atoms with E-state index < -0.39 is 0 Å². The van der Waals surface area contributed by atoms with Gasteiger partial charge in [0.15, 0.2) is 0 Å². The average Bonchev–Trinajstić information content (AvgIpc) is 2.75. The van der Waals surface area contributed by atoms with E-state index in [4.69, 9.17) is 0 Å². The van der Waals surface area contributed by atoms with Crippen molar-refractivity contribution in [1.82, 2.24) is 15.5 Å².